The first-order chi connectivity index (χ1) is 16.3. The van der Waals surface area contributed by atoms with Gasteiger partial charge in [0.1, 0.15) is 16.2 Å². The van der Waals surface area contributed by atoms with Crippen LogP contribution >= 0.6 is 11.6 Å². The van der Waals surface area contributed by atoms with Gasteiger partial charge in [-0.1, -0.05) is 72.3 Å². The van der Waals surface area contributed by atoms with Crippen LogP contribution in [0, 0.1) is 0 Å². The molecule has 34 heavy (non-hydrogen) atoms. The number of benzene rings is 2. The third-order valence-corrected chi connectivity index (χ3v) is 6.82. The van der Waals surface area contributed by atoms with Gasteiger partial charge in [-0.15, -0.1) is 0 Å². The van der Waals surface area contributed by atoms with Gasteiger partial charge >= 0.3 is 0 Å². The molecule has 6 rings (SSSR count). The standard InChI is InChI=1S/C27H24ClN5.ClH/c28-24-14-13-22-26(30-24)33-15-7-12-23(33)27(29-22)32-18-16-31(17-19-32)25(20-8-3-1-4-9-20)21-10-5-2-6-11-21;/h1-15,25H,16-19H2;1H. The van der Waals surface area contributed by atoms with Gasteiger partial charge in [-0.2, -0.15) is 4.98 Å². The fraction of sp³-hybridized carbons (Fsp3) is 0.185. The second-order valence-corrected chi connectivity index (χ2v) is 8.95. The van der Waals surface area contributed by atoms with E-state index in [1.165, 1.54) is 16.0 Å². The number of quaternary nitrogens is 1. The average Bonchev–Trinajstić information content (AvgIpc) is 3.36. The molecule has 1 aliphatic rings. The largest absolute Gasteiger partial charge is 1.00 e. The summed E-state index contributed by atoms with van der Waals surface area (Å²) in [6.07, 6.45) is 2.04. The second-order valence-electron chi connectivity index (χ2n) is 8.56. The fourth-order valence-electron chi connectivity index (χ4n) is 5.05. The molecular weight excluding hydrogens is 465 g/mol. The van der Waals surface area contributed by atoms with Crippen molar-refractivity contribution < 1.29 is 17.3 Å². The lowest BCUT2D eigenvalue weighted by molar-refractivity contribution is -0.839. The van der Waals surface area contributed by atoms with Crippen LogP contribution in [-0.4, -0.2) is 45.4 Å². The summed E-state index contributed by atoms with van der Waals surface area (Å²) >= 11 is 6.16. The molecule has 5 nitrogen and oxygen atoms in total. The normalized spacial score (nSPS) is 15.1. The first kappa shape index (κ1) is 22.8. The summed E-state index contributed by atoms with van der Waals surface area (Å²) < 4.78 is 2.11. The number of rotatable bonds is 4. The van der Waals surface area contributed by atoms with Gasteiger partial charge in [-0.25, -0.2) is 4.98 Å². The maximum absolute atomic E-state index is 6.16. The first-order valence-corrected chi connectivity index (χ1v) is 11.8. The Bertz CT molecular complexity index is 1360. The van der Waals surface area contributed by atoms with E-state index in [4.69, 9.17) is 16.6 Å². The Morgan fingerprint density at radius 2 is 1.41 bits per heavy atom. The van der Waals surface area contributed by atoms with Crippen LogP contribution in [0.2, 0.25) is 5.15 Å². The smallest absolute Gasteiger partial charge is 0.251 e. The number of pyridine rings is 1. The topological polar surface area (TPSA) is 37.9 Å². The first-order valence-electron chi connectivity index (χ1n) is 11.4. The number of halogens is 2. The SMILES string of the molecule is Clc1ccc2nc([NH+]3CCN(C(c4ccccc4)c4ccccc4)CC3)c3cccn3c2n1.[Cl-]. The highest BCUT2D eigenvalue weighted by Gasteiger charge is 2.31. The Morgan fingerprint density at radius 1 is 0.765 bits per heavy atom. The zero-order valence-corrected chi connectivity index (χ0v) is 20.1. The van der Waals surface area contributed by atoms with E-state index in [1.54, 1.807) is 0 Å². The Hall–Kier alpha value is -2.96. The van der Waals surface area contributed by atoms with E-state index in [2.05, 4.69) is 87.1 Å². The summed E-state index contributed by atoms with van der Waals surface area (Å²) in [6, 6.07) is 29.9. The van der Waals surface area contributed by atoms with Crippen molar-refractivity contribution >= 4 is 34.1 Å². The summed E-state index contributed by atoms with van der Waals surface area (Å²) in [5, 5.41) is 0.487. The molecule has 5 aromatic rings. The molecule has 1 fully saturated rings. The van der Waals surface area contributed by atoms with Crippen LogP contribution in [0.1, 0.15) is 17.2 Å². The predicted octanol–water partition coefficient (Wildman–Crippen LogP) is 1.16. The van der Waals surface area contributed by atoms with Crippen molar-refractivity contribution in [3.63, 3.8) is 0 Å². The Labute approximate surface area is 210 Å². The number of nitrogens with one attached hydrogen (secondary N) is 1. The maximum Gasteiger partial charge on any atom is 0.251 e. The van der Waals surface area contributed by atoms with Crippen molar-refractivity contribution in [1.29, 1.82) is 0 Å². The molecule has 2 aromatic carbocycles. The molecule has 0 amide bonds. The van der Waals surface area contributed by atoms with Crippen molar-refractivity contribution in [2.45, 2.75) is 6.04 Å². The van der Waals surface area contributed by atoms with E-state index < -0.39 is 0 Å². The summed E-state index contributed by atoms with van der Waals surface area (Å²) in [5.41, 5.74) is 5.46. The van der Waals surface area contributed by atoms with Crippen molar-refractivity contribution in [3.05, 3.63) is 107 Å². The van der Waals surface area contributed by atoms with E-state index in [0.29, 0.717) is 5.15 Å². The van der Waals surface area contributed by atoms with Crippen LogP contribution in [0.5, 0.6) is 0 Å². The molecule has 172 valence electrons. The third kappa shape index (κ3) is 4.17. The van der Waals surface area contributed by atoms with Crippen LogP contribution in [0.25, 0.3) is 16.7 Å². The van der Waals surface area contributed by atoms with Crippen LogP contribution in [0.4, 0.5) is 5.82 Å². The molecule has 0 atom stereocenters. The summed E-state index contributed by atoms with van der Waals surface area (Å²) in [7, 11) is 0. The molecule has 7 heteroatoms. The highest BCUT2D eigenvalue weighted by atomic mass is 35.5. The fourth-order valence-corrected chi connectivity index (χ4v) is 5.20. The number of hydrogen-bond donors (Lipinski definition) is 1. The molecule has 1 aliphatic heterocycles. The third-order valence-electron chi connectivity index (χ3n) is 6.60. The van der Waals surface area contributed by atoms with Gasteiger partial charge in [0.25, 0.3) is 5.82 Å². The van der Waals surface area contributed by atoms with Crippen LogP contribution in [0.15, 0.2) is 91.1 Å². The van der Waals surface area contributed by atoms with Crippen LogP contribution < -0.4 is 17.3 Å². The quantitative estimate of drug-likeness (QED) is 0.385. The lowest BCUT2D eigenvalue weighted by atomic mass is 9.96. The van der Waals surface area contributed by atoms with Crippen LogP contribution in [0.3, 0.4) is 0 Å². The molecule has 0 radical (unpaired) electrons. The van der Waals surface area contributed by atoms with Crippen LogP contribution in [-0.2, 0) is 0 Å². The summed E-state index contributed by atoms with van der Waals surface area (Å²) in [4.78, 5) is 13.6. The summed E-state index contributed by atoms with van der Waals surface area (Å²) in [6.45, 7) is 3.98. The molecule has 1 N–H and O–H groups in total. The van der Waals surface area contributed by atoms with E-state index in [-0.39, 0.29) is 18.4 Å². The monoisotopic (exact) mass is 489 g/mol. The minimum atomic E-state index is 0. The van der Waals surface area contributed by atoms with Crippen molar-refractivity contribution in [2.75, 3.05) is 26.2 Å². The van der Waals surface area contributed by atoms with E-state index >= 15 is 0 Å². The zero-order valence-electron chi connectivity index (χ0n) is 18.6. The number of aromatic nitrogens is 3. The molecule has 3 aromatic heterocycles. The molecule has 0 spiro atoms. The molecule has 0 bridgehead atoms. The predicted molar refractivity (Wildman–Crippen MR) is 132 cm³/mol. The molecule has 1 saturated heterocycles. The van der Waals surface area contributed by atoms with Gasteiger partial charge in [0.2, 0.25) is 0 Å². The van der Waals surface area contributed by atoms with Gasteiger partial charge in [-0.05, 0) is 35.4 Å². The Balaban J connectivity index is 0.00000241. The maximum atomic E-state index is 6.16. The van der Waals surface area contributed by atoms with Gasteiger partial charge in [0.15, 0.2) is 5.65 Å². The van der Waals surface area contributed by atoms with E-state index in [9.17, 15) is 0 Å². The van der Waals surface area contributed by atoms with Gasteiger partial charge < -0.3 is 12.4 Å². The molecule has 0 saturated carbocycles. The van der Waals surface area contributed by atoms with Crippen molar-refractivity contribution in [2.24, 2.45) is 0 Å². The summed E-state index contributed by atoms with van der Waals surface area (Å²) in [5.74, 6) is 1.09. The molecule has 0 aliphatic carbocycles. The number of fused-ring (bicyclic) bond motifs is 3. The number of hydrogen-bond acceptors (Lipinski definition) is 3. The highest BCUT2D eigenvalue weighted by Crippen LogP contribution is 2.29. The average molecular weight is 490 g/mol. The minimum absolute atomic E-state index is 0. The lowest BCUT2D eigenvalue weighted by Gasteiger charge is -2.37. The minimum Gasteiger partial charge on any atom is -1.00 e. The molecule has 4 heterocycles. The second kappa shape index (κ2) is 9.72. The van der Waals surface area contributed by atoms with Gasteiger partial charge in [0.05, 0.1) is 19.1 Å². The van der Waals surface area contributed by atoms with Crippen molar-refractivity contribution in [1.82, 2.24) is 19.3 Å². The molecule has 0 unspecified atom stereocenters. The number of nitrogens with zero attached hydrogens (tertiary/aromatic N) is 4. The lowest BCUT2D eigenvalue weighted by Crippen LogP contribution is -3.10. The van der Waals surface area contributed by atoms with Crippen molar-refractivity contribution in [3.8, 4) is 0 Å². The Morgan fingerprint density at radius 3 is 2.06 bits per heavy atom. The van der Waals surface area contributed by atoms with Gasteiger partial charge in [0, 0.05) is 19.3 Å². The Kier molecular flexibility index (Phi) is 6.53. The molecular formula is C27H25Cl2N5. The van der Waals surface area contributed by atoms with Gasteiger partial charge in [-0.3, -0.25) is 14.2 Å². The highest BCUT2D eigenvalue weighted by molar-refractivity contribution is 6.29. The van der Waals surface area contributed by atoms with E-state index in [0.717, 1.165) is 48.7 Å². The number of piperazine rings is 1. The van der Waals surface area contributed by atoms with E-state index in [1.807, 2.05) is 18.3 Å². The zero-order chi connectivity index (χ0) is 22.2.